The van der Waals surface area contributed by atoms with Gasteiger partial charge >= 0.3 is 0 Å². The third-order valence-electron chi connectivity index (χ3n) is 3.91. The Morgan fingerprint density at radius 1 is 1.45 bits per heavy atom. The molecule has 0 radical (unpaired) electrons. The van der Waals surface area contributed by atoms with Crippen LogP contribution in [0.25, 0.3) is 0 Å². The average Bonchev–Trinajstić information content (AvgIpc) is 2.42. The number of nitrogens with zero attached hydrogens (tertiary/aromatic N) is 1. The highest BCUT2D eigenvalue weighted by atomic mass is 32.2. The van der Waals surface area contributed by atoms with Crippen LogP contribution in [0.1, 0.15) is 24.5 Å². The van der Waals surface area contributed by atoms with E-state index >= 15 is 0 Å². The molecular formula is C16H23NO2S. The largest absolute Gasteiger partial charge is 0.393 e. The minimum atomic E-state index is -0.259. The van der Waals surface area contributed by atoms with Crippen LogP contribution in [0.15, 0.2) is 23.1 Å². The fourth-order valence-electron chi connectivity index (χ4n) is 2.45. The van der Waals surface area contributed by atoms with Crippen molar-refractivity contribution in [2.75, 3.05) is 18.8 Å². The average molecular weight is 293 g/mol. The summed E-state index contributed by atoms with van der Waals surface area (Å²) in [6.07, 6.45) is 0.437. The van der Waals surface area contributed by atoms with Crippen molar-refractivity contribution >= 4 is 17.7 Å². The van der Waals surface area contributed by atoms with Crippen molar-refractivity contribution in [3.8, 4) is 0 Å². The molecule has 1 fully saturated rings. The van der Waals surface area contributed by atoms with Crippen molar-refractivity contribution in [1.29, 1.82) is 0 Å². The first-order chi connectivity index (χ1) is 9.47. The van der Waals surface area contributed by atoms with Gasteiger partial charge in [0.05, 0.1) is 11.9 Å². The van der Waals surface area contributed by atoms with E-state index in [1.54, 1.807) is 11.8 Å². The van der Waals surface area contributed by atoms with E-state index in [4.69, 9.17) is 0 Å². The smallest absolute Gasteiger partial charge is 0.232 e. The van der Waals surface area contributed by atoms with Gasteiger partial charge in [0.25, 0.3) is 0 Å². The first-order valence-corrected chi connectivity index (χ1v) is 8.12. The number of aliphatic hydroxyl groups is 1. The van der Waals surface area contributed by atoms with Crippen molar-refractivity contribution < 1.29 is 9.90 Å². The van der Waals surface area contributed by atoms with Crippen molar-refractivity contribution in [1.82, 2.24) is 4.90 Å². The highest BCUT2D eigenvalue weighted by molar-refractivity contribution is 8.00. The molecule has 0 bridgehead atoms. The first-order valence-electron chi connectivity index (χ1n) is 7.13. The molecule has 3 nitrogen and oxygen atoms in total. The Bertz CT molecular complexity index is 489. The summed E-state index contributed by atoms with van der Waals surface area (Å²) < 4.78 is 0. The topological polar surface area (TPSA) is 40.5 Å². The number of likely N-dealkylation sites (tertiary alicyclic amines) is 1. The van der Waals surface area contributed by atoms with Crippen LogP contribution < -0.4 is 0 Å². The van der Waals surface area contributed by atoms with Gasteiger partial charge in [-0.1, -0.05) is 24.6 Å². The van der Waals surface area contributed by atoms with Crippen LogP contribution >= 0.6 is 11.8 Å². The Balaban J connectivity index is 1.90. The van der Waals surface area contributed by atoms with E-state index in [1.807, 2.05) is 11.8 Å². The predicted octanol–water partition coefficient (Wildman–Crippen LogP) is 2.62. The zero-order valence-electron chi connectivity index (χ0n) is 12.4. The predicted molar refractivity (Wildman–Crippen MR) is 83.0 cm³/mol. The summed E-state index contributed by atoms with van der Waals surface area (Å²) in [5.74, 6) is 0.834. The van der Waals surface area contributed by atoms with Crippen LogP contribution in [0, 0.1) is 19.8 Å². The lowest BCUT2D eigenvalue weighted by atomic mass is 9.97. The maximum Gasteiger partial charge on any atom is 0.232 e. The SMILES string of the molecule is Cc1ccc(C)c(SCC(=O)N2CCC(O)C(C)C2)c1. The summed E-state index contributed by atoms with van der Waals surface area (Å²) in [5.41, 5.74) is 2.44. The van der Waals surface area contributed by atoms with Crippen molar-refractivity contribution in [3.05, 3.63) is 29.3 Å². The lowest BCUT2D eigenvalue weighted by molar-refractivity contribution is -0.131. The van der Waals surface area contributed by atoms with Gasteiger partial charge in [-0.2, -0.15) is 0 Å². The fraction of sp³-hybridized carbons (Fsp3) is 0.562. The molecule has 1 aromatic carbocycles. The second-order valence-corrected chi connectivity index (χ2v) is 6.75. The zero-order chi connectivity index (χ0) is 14.7. The molecule has 0 spiro atoms. The van der Waals surface area contributed by atoms with E-state index in [9.17, 15) is 9.90 Å². The number of thioether (sulfide) groups is 1. The van der Waals surface area contributed by atoms with Crippen LogP contribution in [0.3, 0.4) is 0 Å². The second kappa shape index (κ2) is 6.64. The van der Waals surface area contributed by atoms with E-state index < -0.39 is 0 Å². The Morgan fingerprint density at radius 2 is 2.20 bits per heavy atom. The third kappa shape index (κ3) is 3.76. The van der Waals surface area contributed by atoms with Gasteiger partial charge in [0.1, 0.15) is 0 Å². The van der Waals surface area contributed by atoms with Crippen molar-refractivity contribution in [3.63, 3.8) is 0 Å². The molecule has 1 heterocycles. The summed E-state index contributed by atoms with van der Waals surface area (Å²) in [7, 11) is 0. The van der Waals surface area contributed by atoms with Crippen LogP contribution in [-0.2, 0) is 4.79 Å². The summed E-state index contributed by atoms with van der Waals surface area (Å²) in [6, 6.07) is 6.33. The lowest BCUT2D eigenvalue weighted by Gasteiger charge is -2.34. The molecule has 2 rings (SSSR count). The summed E-state index contributed by atoms with van der Waals surface area (Å²) in [6.45, 7) is 7.50. The molecule has 1 N–H and O–H groups in total. The van der Waals surface area contributed by atoms with Crippen molar-refractivity contribution in [2.45, 2.75) is 38.2 Å². The number of piperidine rings is 1. The van der Waals surface area contributed by atoms with E-state index in [0.29, 0.717) is 25.3 Å². The van der Waals surface area contributed by atoms with Gasteiger partial charge in [-0.15, -0.1) is 11.8 Å². The molecule has 110 valence electrons. The van der Waals surface area contributed by atoms with Gasteiger partial charge in [0.15, 0.2) is 0 Å². The molecule has 20 heavy (non-hydrogen) atoms. The zero-order valence-corrected chi connectivity index (χ0v) is 13.2. The molecule has 1 saturated heterocycles. The molecule has 0 saturated carbocycles. The molecule has 1 aliphatic rings. The normalized spacial score (nSPS) is 22.9. The number of hydrogen-bond donors (Lipinski definition) is 1. The number of benzene rings is 1. The summed E-state index contributed by atoms with van der Waals surface area (Å²) >= 11 is 1.61. The van der Waals surface area contributed by atoms with Gasteiger partial charge < -0.3 is 10.0 Å². The van der Waals surface area contributed by atoms with E-state index in [1.165, 1.54) is 16.0 Å². The van der Waals surface area contributed by atoms with Crippen LogP contribution in [0.4, 0.5) is 0 Å². The minimum absolute atomic E-state index is 0.176. The summed E-state index contributed by atoms with van der Waals surface area (Å²) in [4.78, 5) is 15.3. The molecule has 4 heteroatoms. The molecule has 2 atom stereocenters. The van der Waals surface area contributed by atoms with Gasteiger partial charge in [-0.25, -0.2) is 0 Å². The fourth-order valence-corrected chi connectivity index (χ4v) is 3.48. The number of aliphatic hydroxyl groups excluding tert-OH is 1. The van der Waals surface area contributed by atoms with E-state index in [0.717, 1.165) is 0 Å². The Morgan fingerprint density at radius 3 is 2.90 bits per heavy atom. The summed E-state index contributed by atoms with van der Waals surface area (Å²) in [5, 5.41) is 9.71. The number of rotatable bonds is 3. The van der Waals surface area contributed by atoms with Crippen molar-refractivity contribution in [2.24, 2.45) is 5.92 Å². The number of amides is 1. The highest BCUT2D eigenvalue weighted by Gasteiger charge is 2.26. The van der Waals surface area contributed by atoms with Gasteiger partial charge in [0.2, 0.25) is 5.91 Å². The third-order valence-corrected chi connectivity index (χ3v) is 5.05. The number of hydrogen-bond acceptors (Lipinski definition) is 3. The van der Waals surface area contributed by atoms with Crippen LogP contribution in [0.2, 0.25) is 0 Å². The molecular weight excluding hydrogens is 270 g/mol. The number of carbonyl (C=O) groups is 1. The Kier molecular flexibility index (Phi) is 5.11. The number of aryl methyl sites for hydroxylation is 2. The molecule has 1 aromatic rings. The maximum atomic E-state index is 12.2. The number of carbonyl (C=O) groups excluding carboxylic acids is 1. The Hall–Kier alpha value is -1.00. The standard InChI is InChI=1S/C16H23NO2S/c1-11-4-5-12(2)15(8-11)20-10-16(19)17-7-6-14(18)13(3)9-17/h4-5,8,13-14,18H,6-7,9-10H2,1-3H3. The lowest BCUT2D eigenvalue weighted by Crippen LogP contribution is -2.45. The van der Waals surface area contributed by atoms with Gasteiger partial charge in [-0.05, 0) is 37.8 Å². The molecule has 1 amide bonds. The minimum Gasteiger partial charge on any atom is -0.393 e. The van der Waals surface area contributed by atoms with E-state index in [-0.39, 0.29) is 17.9 Å². The second-order valence-electron chi connectivity index (χ2n) is 5.73. The van der Waals surface area contributed by atoms with E-state index in [2.05, 4.69) is 32.0 Å². The molecule has 0 aromatic heterocycles. The van der Waals surface area contributed by atoms with Crippen LogP contribution in [0.5, 0.6) is 0 Å². The monoisotopic (exact) mass is 293 g/mol. The van der Waals surface area contributed by atoms with Crippen LogP contribution in [-0.4, -0.2) is 40.9 Å². The highest BCUT2D eigenvalue weighted by Crippen LogP contribution is 2.25. The first kappa shape index (κ1) is 15.4. The molecule has 1 aliphatic heterocycles. The Labute approximate surface area is 125 Å². The van der Waals surface area contributed by atoms with Gasteiger partial charge in [0, 0.05) is 18.0 Å². The quantitative estimate of drug-likeness (QED) is 0.871. The molecule has 0 aliphatic carbocycles. The molecule has 2 unspecified atom stereocenters. The maximum absolute atomic E-state index is 12.2. The van der Waals surface area contributed by atoms with Gasteiger partial charge in [-0.3, -0.25) is 4.79 Å².